The molecule has 0 aliphatic carbocycles. The predicted molar refractivity (Wildman–Crippen MR) is 48.4 cm³/mol. The summed E-state index contributed by atoms with van der Waals surface area (Å²) < 4.78 is 0. The molecule has 0 heterocycles. The number of rotatable bonds is 2. The van der Waals surface area contributed by atoms with Gasteiger partial charge in [-0.2, -0.15) is 0 Å². The van der Waals surface area contributed by atoms with Crippen molar-refractivity contribution in [1.29, 1.82) is 0 Å². The largest absolute Gasteiger partial charge is 0.305 e. The lowest BCUT2D eigenvalue weighted by Gasteiger charge is -2.09. The maximum atomic E-state index is 11.3. The summed E-state index contributed by atoms with van der Waals surface area (Å²) >= 11 is 0. The zero-order valence-electron chi connectivity index (χ0n) is 7.50. The van der Waals surface area contributed by atoms with Gasteiger partial charge in [0, 0.05) is 12.1 Å². The van der Waals surface area contributed by atoms with Crippen molar-refractivity contribution < 1.29 is 5.11 Å². The van der Waals surface area contributed by atoms with Crippen LogP contribution >= 0.6 is 0 Å². The number of hydrogen-bond donors (Lipinski definition) is 0. The molecule has 0 N–H and O–H groups in total. The summed E-state index contributed by atoms with van der Waals surface area (Å²) in [7, 11) is 3.88. The van der Waals surface area contributed by atoms with Crippen molar-refractivity contribution in [1.82, 2.24) is 4.90 Å². The summed E-state index contributed by atoms with van der Waals surface area (Å²) in [6, 6.07) is 5.27. The van der Waals surface area contributed by atoms with Crippen LogP contribution in [0.25, 0.3) is 0 Å². The highest BCUT2D eigenvalue weighted by atomic mass is 16.3. The molecule has 0 unspecified atom stereocenters. The molecular weight excluding hydrogens is 150 g/mol. The summed E-state index contributed by atoms with van der Waals surface area (Å²) in [6.07, 6.45) is 0. The van der Waals surface area contributed by atoms with Crippen LogP contribution in [0.2, 0.25) is 0 Å². The minimum Gasteiger partial charge on any atom is -0.305 e. The predicted octanol–water partition coefficient (Wildman–Crippen LogP) is 2.07. The lowest BCUT2D eigenvalue weighted by molar-refractivity contribution is 0.333. The van der Waals surface area contributed by atoms with E-state index in [1.807, 2.05) is 31.1 Å². The van der Waals surface area contributed by atoms with Gasteiger partial charge in [-0.25, -0.2) is 0 Å². The Kier molecular flexibility index (Phi) is 2.71. The van der Waals surface area contributed by atoms with Crippen LogP contribution in [0.5, 0.6) is 5.75 Å². The summed E-state index contributed by atoms with van der Waals surface area (Å²) in [5.41, 5.74) is 1.61. The lowest BCUT2D eigenvalue weighted by atomic mass is 10.1. The van der Waals surface area contributed by atoms with Crippen LogP contribution in [-0.4, -0.2) is 19.0 Å². The molecule has 2 radical (unpaired) electrons. The summed E-state index contributed by atoms with van der Waals surface area (Å²) in [4.78, 5) is 1.97. The van der Waals surface area contributed by atoms with Crippen LogP contribution in [0, 0.1) is 6.92 Å². The Bertz CT molecular complexity index is 269. The van der Waals surface area contributed by atoms with Crippen molar-refractivity contribution in [2.75, 3.05) is 14.1 Å². The standard InChI is InChI=1S/C10H13NO/c1-8-4-5-9(7-11(2)3)10(12)6-8/h4-6H,1,7H2,2-3H3. The fraction of sp³-hybridized carbons (Fsp3) is 0.300. The second-order valence-corrected chi connectivity index (χ2v) is 3.18. The van der Waals surface area contributed by atoms with Gasteiger partial charge in [0.1, 0.15) is 0 Å². The number of nitrogens with zero attached hydrogens (tertiary/aromatic N) is 1. The zero-order valence-corrected chi connectivity index (χ0v) is 7.50. The van der Waals surface area contributed by atoms with Crippen molar-refractivity contribution in [3.05, 3.63) is 36.2 Å². The van der Waals surface area contributed by atoms with E-state index in [1.165, 1.54) is 0 Å². The quantitative estimate of drug-likeness (QED) is 0.654. The monoisotopic (exact) mass is 163 g/mol. The highest BCUT2D eigenvalue weighted by Crippen LogP contribution is 2.19. The Morgan fingerprint density at radius 1 is 1.42 bits per heavy atom. The molecule has 0 aromatic heterocycles. The molecule has 0 atom stereocenters. The normalized spacial score (nSPS) is 10.7. The highest BCUT2D eigenvalue weighted by molar-refractivity contribution is 5.37. The van der Waals surface area contributed by atoms with E-state index in [2.05, 4.69) is 6.92 Å². The average molecular weight is 163 g/mol. The Morgan fingerprint density at radius 2 is 2.08 bits per heavy atom. The molecule has 0 fully saturated rings. The van der Waals surface area contributed by atoms with Crippen molar-refractivity contribution in [2.45, 2.75) is 6.54 Å². The molecule has 0 aliphatic rings. The SMILES string of the molecule is [CH2]c1ccc(CN(C)C)c([O])c1. The van der Waals surface area contributed by atoms with Crippen molar-refractivity contribution >= 4 is 0 Å². The van der Waals surface area contributed by atoms with Gasteiger partial charge in [-0.1, -0.05) is 12.1 Å². The Balaban J connectivity index is 2.86. The molecule has 64 valence electrons. The van der Waals surface area contributed by atoms with E-state index >= 15 is 0 Å². The van der Waals surface area contributed by atoms with Gasteiger partial charge in [0.15, 0.2) is 5.75 Å². The van der Waals surface area contributed by atoms with E-state index in [-0.39, 0.29) is 5.75 Å². The lowest BCUT2D eigenvalue weighted by Crippen LogP contribution is -2.10. The highest BCUT2D eigenvalue weighted by Gasteiger charge is 2.03. The zero-order chi connectivity index (χ0) is 9.14. The van der Waals surface area contributed by atoms with Gasteiger partial charge in [-0.15, -0.1) is 0 Å². The molecule has 12 heavy (non-hydrogen) atoms. The number of hydrogen-bond acceptors (Lipinski definition) is 1. The minimum absolute atomic E-state index is 0.0798. The van der Waals surface area contributed by atoms with Crippen LogP contribution in [0.1, 0.15) is 11.1 Å². The van der Waals surface area contributed by atoms with Crippen LogP contribution < -0.4 is 0 Å². The molecule has 2 nitrogen and oxygen atoms in total. The fourth-order valence-corrected chi connectivity index (χ4v) is 1.07. The van der Waals surface area contributed by atoms with Crippen LogP contribution in [0.15, 0.2) is 18.2 Å². The maximum Gasteiger partial charge on any atom is 0.183 e. The third kappa shape index (κ3) is 2.24. The molecule has 2 heteroatoms. The maximum absolute atomic E-state index is 11.3. The molecule has 0 spiro atoms. The van der Waals surface area contributed by atoms with E-state index in [1.54, 1.807) is 6.07 Å². The topological polar surface area (TPSA) is 23.1 Å². The van der Waals surface area contributed by atoms with Crippen molar-refractivity contribution in [3.8, 4) is 5.75 Å². The van der Waals surface area contributed by atoms with E-state index in [0.29, 0.717) is 6.54 Å². The minimum atomic E-state index is 0.0798. The first kappa shape index (κ1) is 9.07. The first-order valence-corrected chi connectivity index (χ1v) is 3.86. The molecule has 1 rings (SSSR count). The van der Waals surface area contributed by atoms with Crippen molar-refractivity contribution in [3.63, 3.8) is 0 Å². The first-order chi connectivity index (χ1) is 5.59. The Morgan fingerprint density at radius 3 is 2.58 bits per heavy atom. The molecule has 0 bridgehead atoms. The van der Waals surface area contributed by atoms with E-state index in [0.717, 1.165) is 11.1 Å². The summed E-state index contributed by atoms with van der Waals surface area (Å²) in [6.45, 7) is 4.38. The van der Waals surface area contributed by atoms with Gasteiger partial charge in [0.2, 0.25) is 0 Å². The van der Waals surface area contributed by atoms with Gasteiger partial charge < -0.3 is 4.90 Å². The van der Waals surface area contributed by atoms with E-state index in [9.17, 15) is 5.11 Å². The van der Waals surface area contributed by atoms with E-state index in [4.69, 9.17) is 0 Å². The molecule has 1 aromatic carbocycles. The average Bonchev–Trinajstić information content (AvgIpc) is 1.94. The van der Waals surface area contributed by atoms with Gasteiger partial charge in [0.05, 0.1) is 0 Å². The summed E-state index contributed by atoms with van der Waals surface area (Å²) in [5.74, 6) is 0.0798. The summed E-state index contributed by atoms with van der Waals surface area (Å²) in [5, 5.41) is 11.3. The fourth-order valence-electron chi connectivity index (χ4n) is 1.07. The molecule has 0 amide bonds. The molecular formula is C10H13NO. The van der Waals surface area contributed by atoms with Gasteiger partial charge in [0.25, 0.3) is 0 Å². The Labute approximate surface area is 73.4 Å². The third-order valence-electron chi connectivity index (χ3n) is 1.62. The van der Waals surface area contributed by atoms with E-state index < -0.39 is 0 Å². The molecule has 0 aliphatic heterocycles. The third-order valence-corrected chi connectivity index (χ3v) is 1.62. The van der Waals surface area contributed by atoms with Gasteiger partial charge >= 0.3 is 0 Å². The van der Waals surface area contributed by atoms with Crippen LogP contribution in [0.3, 0.4) is 0 Å². The molecule has 0 saturated carbocycles. The van der Waals surface area contributed by atoms with Crippen LogP contribution in [-0.2, 0) is 11.7 Å². The van der Waals surface area contributed by atoms with Gasteiger partial charge in [-0.05, 0) is 32.6 Å². The first-order valence-electron chi connectivity index (χ1n) is 3.86. The molecule has 1 aromatic rings. The van der Waals surface area contributed by atoms with Crippen LogP contribution in [0.4, 0.5) is 0 Å². The Hall–Kier alpha value is -1.02. The molecule has 0 saturated heterocycles. The second-order valence-electron chi connectivity index (χ2n) is 3.18. The second kappa shape index (κ2) is 3.59. The van der Waals surface area contributed by atoms with Crippen molar-refractivity contribution in [2.24, 2.45) is 0 Å². The van der Waals surface area contributed by atoms with Gasteiger partial charge in [-0.3, -0.25) is 5.11 Å². The smallest absolute Gasteiger partial charge is 0.183 e. The number of benzene rings is 1.